The molecule has 0 saturated carbocycles. The Morgan fingerprint density at radius 2 is 1.90 bits per heavy atom. The maximum absolute atomic E-state index is 5.48. The molecule has 2 N–H and O–H groups in total. The van der Waals surface area contributed by atoms with Crippen molar-refractivity contribution in [3.63, 3.8) is 0 Å². The number of aromatic nitrogens is 1. The zero-order valence-corrected chi connectivity index (χ0v) is 20.3. The van der Waals surface area contributed by atoms with Crippen molar-refractivity contribution in [2.45, 2.75) is 45.6 Å². The summed E-state index contributed by atoms with van der Waals surface area (Å²) in [7, 11) is 1.68. The van der Waals surface area contributed by atoms with Crippen molar-refractivity contribution in [1.29, 1.82) is 0 Å². The van der Waals surface area contributed by atoms with Crippen LogP contribution in [0, 0.1) is 0 Å². The zero-order valence-electron chi connectivity index (χ0n) is 18.0. The zero-order chi connectivity index (χ0) is 19.9. The molecular weight excluding hydrogens is 481 g/mol. The minimum Gasteiger partial charge on any atom is -0.382 e. The van der Waals surface area contributed by atoms with Gasteiger partial charge in [-0.2, -0.15) is 0 Å². The lowest BCUT2D eigenvalue weighted by atomic mass is 10.2. The first-order valence-corrected chi connectivity index (χ1v) is 10.6. The Bertz CT molecular complexity index is 549. The minimum absolute atomic E-state index is 0. The molecule has 8 heteroatoms. The van der Waals surface area contributed by atoms with Gasteiger partial charge in [-0.15, -0.1) is 24.0 Å². The van der Waals surface area contributed by atoms with Gasteiger partial charge in [0.15, 0.2) is 5.96 Å². The molecule has 7 nitrogen and oxygen atoms in total. The summed E-state index contributed by atoms with van der Waals surface area (Å²) in [5, 5.41) is 6.63. The third-order valence-corrected chi connectivity index (χ3v) is 4.69. The summed E-state index contributed by atoms with van der Waals surface area (Å²) in [4.78, 5) is 11.7. The molecule has 0 radical (unpaired) electrons. The molecule has 1 aromatic rings. The van der Waals surface area contributed by atoms with Crippen molar-refractivity contribution in [3.05, 3.63) is 23.9 Å². The molecule has 0 bridgehead atoms. The Hall–Kier alpha value is -1.13. The number of nitrogens with zero attached hydrogens (tertiary/aromatic N) is 3. The normalized spacial score (nSPS) is 14.8. The lowest BCUT2D eigenvalue weighted by Gasteiger charge is -2.21. The molecule has 0 aromatic carbocycles. The number of guanidine groups is 1. The summed E-state index contributed by atoms with van der Waals surface area (Å²) >= 11 is 0. The fourth-order valence-electron chi connectivity index (χ4n) is 3.13. The summed E-state index contributed by atoms with van der Waals surface area (Å²) in [5.74, 6) is 1.92. The topological polar surface area (TPSA) is 71.0 Å². The van der Waals surface area contributed by atoms with E-state index in [9.17, 15) is 0 Å². The molecule has 0 aliphatic carbocycles. The van der Waals surface area contributed by atoms with E-state index in [2.05, 4.69) is 44.6 Å². The van der Waals surface area contributed by atoms with Crippen LogP contribution in [0.1, 0.15) is 44.6 Å². The standard InChI is InChI=1S/C21H37N5O2.HI/c1-3-22-21(23-11-8-14-28-16-15-27-2)25-18-19-9-10-20(24-17-19)26-12-6-4-5-7-13-26;/h9-10,17H,3-8,11-16,18H2,1-2H3,(H2,22,23,25);1H. The summed E-state index contributed by atoms with van der Waals surface area (Å²) in [6, 6.07) is 4.28. The highest BCUT2D eigenvalue weighted by Crippen LogP contribution is 2.17. The lowest BCUT2D eigenvalue weighted by Crippen LogP contribution is -2.38. The first-order valence-electron chi connectivity index (χ1n) is 10.6. The Morgan fingerprint density at radius 1 is 1.10 bits per heavy atom. The van der Waals surface area contributed by atoms with E-state index in [-0.39, 0.29) is 24.0 Å². The molecule has 0 spiro atoms. The van der Waals surface area contributed by atoms with E-state index in [1.165, 1.54) is 25.7 Å². The van der Waals surface area contributed by atoms with Crippen LogP contribution in [0.2, 0.25) is 0 Å². The monoisotopic (exact) mass is 519 g/mol. The first kappa shape index (κ1) is 25.9. The van der Waals surface area contributed by atoms with Crippen molar-refractivity contribution in [3.8, 4) is 0 Å². The van der Waals surface area contributed by atoms with Gasteiger partial charge in [0.25, 0.3) is 0 Å². The van der Waals surface area contributed by atoms with Crippen molar-refractivity contribution in [2.75, 3.05) is 58.0 Å². The van der Waals surface area contributed by atoms with Crippen molar-refractivity contribution in [1.82, 2.24) is 15.6 Å². The average molecular weight is 519 g/mol. The van der Waals surface area contributed by atoms with Gasteiger partial charge in [0.2, 0.25) is 0 Å². The third-order valence-electron chi connectivity index (χ3n) is 4.69. The van der Waals surface area contributed by atoms with Crippen LogP contribution >= 0.6 is 24.0 Å². The van der Waals surface area contributed by atoms with Gasteiger partial charge in [0.05, 0.1) is 19.8 Å². The van der Waals surface area contributed by atoms with E-state index < -0.39 is 0 Å². The second-order valence-corrected chi connectivity index (χ2v) is 7.01. The van der Waals surface area contributed by atoms with Crippen LogP contribution in [0.5, 0.6) is 0 Å². The average Bonchev–Trinajstić information content (AvgIpc) is 3.01. The molecule has 2 heterocycles. The maximum atomic E-state index is 5.48. The van der Waals surface area contributed by atoms with Crippen LogP contribution in [0.3, 0.4) is 0 Å². The van der Waals surface area contributed by atoms with Crippen LogP contribution in [-0.4, -0.2) is 64.1 Å². The molecule has 1 aliphatic heterocycles. The fourth-order valence-corrected chi connectivity index (χ4v) is 3.13. The SMILES string of the molecule is CCNC(=NCc1ccc(N2CCCCCC2)nc1)NCCCOCCOC.I. The van der Waals surface area contributed by atoms with Crippen LogP contribution in [-0.2, 0) is 16.0 Å². The number of pyridine rings is 1. The largest absolute Gasteiger partial charge is 0.382 e. The number of anilines is 1. The number of methoxy groups -OCH3 is 1. The summed E-state index contributed by atoms with van der Waals surface area (Å²) in [6.07, 6.45) is 8.09. The van der Waals surface area contributed by atoms with E-state index >= 15 is 0 Å². The Kier molecular flexibility index (Phi) is 14.9. The van der Waals surface area contributed by atoms with Crippen molar-refractivity contribution >= 4 is 35.8 Å². The van der Waals surface area contributed by atoms with Crippen LogP contribution in [0.25, 0.3) is 0 Å². The molecule has 29 heavy (non-hydrogen) atoms. The number of nitrogens with one attached hydrogen (secondary N) is 2. The number of hydrogen-bond donors (Lipinski definition) is 2. The second kappa shape index (κ2) is 16.6. The highest BCUT2D eigenvalue weighted by Gasteiger charge is 2.10. The van der Waals surface area contributed by atoms with E-state index in [4.69, 9.17) is 9.47 Å². The molecule has 166 valence electrons. The predicted octanol–water partition coefficient (Wildman–Crippen LogP) is 3.19. The molecule has 1 aliphatic rings. The molecule has 1 fully saturated rings. The van der Waals surface area contributed by atoms with E-state index in [1.54, 1.807) is 7.11 Å². The lowest BCUT2D eigenvalue weighted by molar-refractivity contribution is 0.0698. The van der Waals surface area contributed by atoms with Gasteiger partial charge in [-0.1, -0.05) is 18.9 Å². The minimum atomic E-state index is 0. The molecule has 0 unspecified atom stereocenters. The first-order chi connectivity index (χ1) is 13.8. The molecule has 0 amide bonds. The van der Waals surface area contributed by atoms with Crippen molar-refractivity contribution in [2.24, 2.45) is 4.99 Å². The number of ether oxygens (including phenoxy) is 2. The van der Waals surface area contributed by atoms with Crippen molar-refractivity contribution < 1.29 is 9.47 Å². The third kappa shape index (κ3) is 11.0. The molecule has 1 aromatic heterocycles. The van der Waals surface area contributed by atoms with E-state index in [0.717, 1.165) is 56.5 Å². The summed E-state index contributed by atoms with van der Waals surface area (Å²) in [5.41, 5.74) is 1.12. The summed E-state index contributed by atoms with van der Waals surface area (Å²) in [6.45, 7) is 8.59. The van der Waals surface area contributed by atoms with Crippen LogP contribution in [0.15, 0.2) is 23.3 Å². The Balaban J connectivity index is 0.00000420. The van der Waals surface area contributed by atoms with E-state index in [0.29, 0.717) is 19.8 Å². The Morgan fingerprint density at radius 3 is 2.55 bits per heavy atom. The highest BCUT2D eigenvalue weighted by atomic mass is 127. The van der Waals surface area contributed by atoms with Gasteiger partial charge in [-0.3, -0.25) is 0 Å². The fraction of sp³-hybridized carbons (Fsp3) is 0.714. The summed E-state index contributed by atoms with van der Waals surface area (Å²) < 4.78 is 10.4. The number of aliphatic imine (C=N–C) groups is 1. The van der Waals surface area contributed by atoms with Gasteiger partial charge in [0, 0.05) is 46.1 Å². The number of halogens is 1. The second-order valence-electron chi connectivity index (χ2n) is 7.01. The van der Waals surface area contributed by atoms with Gasteiger partial charge >= 0.3 is 0 Å². The predicted molar refractivity (Wildman–Crippen MR) is 130 cm³/mol. The van der Waals surface area contributed by atoms with Gasteiger partial charge < -0.3 is 25.0 Å². The quantitative estimate of drug-likeness (QED) is 0.203. The highest BCUT2D eigenvalue weighted by molar-refractivity contribution is 14.0. The molecular formula is C21H38IN5O2. The Labute approximate surface area is 193 Å². The van der Waals surface area contributed by atoms with Crippen LogP contribution < -0.4 is 15.5 Å². The van der Waals surface area contributed by atoms with Gasteiger partial charge in [-0.05, 0) is 37.8 Å². The number of hydrogen-bond acceptors (Lipinski definition) is 5. The molecule has 2 rings (SSSR count). The van der Waals surface area contributed by atoms with Gasteiger partial charge in [-0.25, -0.2) is 9.98 Å². The van der Waals surface area contributed by atoms with E-state index in [1.807, 2.05) is 6.20 Å². The van der Waals surface area contributed by atoms with Gasteiger partial charge in [0.1, 0.15) is 5.82 Å². The maximum Gasteiger partial charge on any atom is 0.191 e. The van der Waals surface area contributed by atoms with Crippen LogP contribution in [0.4, 0.5) is 5.82 Å². The molecule has 1 saturated heterocycles. The molecule has 0 atom stereocenters. The number of rotatable bonds is 11. The smallest absolute Gasteiger partial charge is 0.191 e.